The summed E-state index contributed by atoms with van der Waals surface area (Å²) in [6, 6.07) is 9.91. The molecule has 2 heterocycles. The topological polar surface area (TPSA) is 62.7 Å². The van der Waals surface area contributed by atoms with E-state index in [1.807, 2.05) is 44.3 Å². The van der Waals surface area contributed by atoms with Crippen LogP contribution in [0.1, 0.15) is 53.3 Å². The number of anilines is 1. The predicted octanol–water partition coefficient (Wildman–Crippen LogP) is 4.12. The molecular weight excluding hydrogens is 300 g/mol. The number of amides is 1. The van der Waals surface area contributed by atoms with Crippen molar-refractivity contribution in [3.8, 4) is 0 Å². The van der Waals surface area contributed by atoms with Crippen molar-refractivity contribution in [3.05, 3.63) is 47.3 Å². The highest BCUT2D eigenvalue weighted by Crippen LogP contribution is 2.34. The molecule has 2 aromatic heterocycles. The molecule has 0 bridgehead atoms. The van der Waals surface area contributed by atoms with Gasteiger partial charge in [0.05, 0.1) is 11.3 Å². The van der Waals surface area contributed by atoms with Gasteiger partial charge in [-0.2, -0.15) is 5.10 Å². The van der Waals surface area contributed by atoms with Gasteiger partial charge in [0.25, 0.3) is 5.91 Å². The van der Waals surface area contributed by atoms with Crippen LogP contribution in [0.4, 0.5) is 5.82 Å². The second-order valence-corrected chi connectivity index (χ2v) is 6.68. The molecule has 0 atom stereocenters. The fourth-order valence-electron chi connectivity index (χ4n) is 3.78. The number of para-hydroxylation sites is 1. The van der Waals surface area contributed by atoms with E-state index in [0.29, 0.717) is 11.5 Å². The Labute approximate surface area is 141 Å². The lowest BCUT2D eigenvalue weighted by atomic mass is 10.0. The third-order valence-electron chi connectivity index (χ3n) is 5.03. The number of carbonyl (C=O) groups is 1. The second-order valence-electron chi connectivity index (χ2n) is 6.68. The minimum Gasteiger partial charge on any atom is -0.358 e. The van der Waals surface area contributed by atoms with Crippen LogP contribution in [0.5, 0.6) is 0 Å². The first-order valence-corrected chi connectivity index (χ1v) is 8.56. The molecule has 1 fully saturated rings. The molecule has 5 heteroatoms. The van der Waals surface area contributed by atoms with Crippen LogP contribution in [0, 0.1) is 6.92 Å². The van der Waals surface area contributed by atoms with Gasteiger partial charge in [0.1, 0.15) is 5.82 Å². The number of nitrogens with zero attached hydrogens (tertiary/aromatic N) is 2. The average Bonchev–Trinajstić information content (AvgIpc) is 3.26. The largest absolute Gasteiger partial charge is 0.358 e. The third-order valence-corrected chi connectivity index (χ3v) is 5.03. The zero-order valence-corrected chi connectivity index (χ0v) is 14.1. The minimum atomic E-state index is -0.0917. The number of aromatic nitrogens is 3. The van der Waals surface area contributed by atoms with Crippen molar-refractivity contribution in [2.75, 3.05) is 5.32 Å². The number of benzene rings is 1. The van der Waals surface area contributed by atoms with E-state index in [2.05, 4.69) is 15.4 Å². The zero-order chi connectivity index (χ0) is 16.7. The van der Waals surface area contributed by atoms with Gasteiger partial charge in [-0.25, -0.2) is 0 Å². The van der Waals surface area contributed by atoms with Crippen molar-refractivity contribution in [3.63, 3.8) is 0 Å². The van der Waals surface area contributed by atoms with E-state index in [9.17, 15) is 4.79 Å². The van der Waals surface area contributed by atoms with E-state index < -0.39 is 0 Å². The normalized spacial score (nSPS) is 15.2. The van der Waals surface area contributed by atoms with Crippen LogP contribution in [-0.4, -0.2) is 20.7 Å². The fraction of sp³-hybridized carbons (Fsp3) is 0.368. The van der Waals surface area contributed by atoms with Crippen LogP contribution >= 0.6 is 0 Å². The molecule has 1 aliphatic rings. The Kier molecular flexibility index (Phi) is 3.63. The predicted molar refractivity (Wildman–Crippen MR) is 95.4 cm³/mol. The molecule has 0 aliphatic heterocycles. The van der Waals surface area contributed by atoms with E-state index in [4.69, 9.17) is 0 Å². The van der Waals surface area contributed by atoms with Gasteiger partial charge in [0.15, 0.2) is 0 Å². The Morgan fingerprint density at radius 2 is 2.04 bits per heavy atom. The van der Waals surface area contributed by atoms with Crippen molar-refractivity contribution < 1.29 is 4.79 Å². The Morgan fingerprint density at radius 1 is 1.29 bits per heavy atom. The number of aryl methyl sites for hydroxylation is 2. The van der Waals surface area contributed by atoms with E-state index in [-0.39, 0.29) is 5.91 Å². The molecule has 0 unspecified atom stereocenters. The molecule has 0 radical (unpaired) electrons. The average molecular weight is 322 g/mol. The van der Waals surface area contributed by atoms with Crippen LogP contribution in [0.2, 0.25) is 0 Å². The van der Waals surface area contributed by atoms with Gasteiger partial charge in [-0.3, -0.25) is 9.48 Å². The molecular formula is C19H22N4O. The number of carbonyl (C=O) groups excluding carboxylic acids is 1. The Hall–Kier alpha value is -2.56. The molecule has 1 amide bonds. The van der Waals surface area contributed by atoms with Gasteiger partial charge in [-0.15, -0.1) is 0 Å². The minimum absolute atomic E-state index is 0.0917. The van der Waals surface area contributed by atoms with E-state index in [1.165, 1.54) is 25.7 Å². The number of nitrogens with one attached hydrogen (secondary N) is 2. The Morgan fingerprint density at radius 3 is 2.83 bits per heavy atom. The first-order valence-electron chi connectivity index (χ1n) is 8.56. The number of fused-ring (bicyclic) bond motifs is 1. The first-order chi connectivity index (χ1) is 11.6. The molecule has 0 spiro atoms. The molecule has 2 N–H and O–H groups in total. The van der Waals surface area contributed by atoms with E-state index in [0.717, 1.165) is 28.1 Å². The molecule has 24 heavy (non-hydrogen) atoms. The number of aromatic amines is 1. The molecule has 1 aliphatic carbocycles. The smallest absolute Gasteiger partial charge is 0.259 e. The molecule has 4 rings (SSSR count). The lowest BCUT2D eigenvalue weighted by Crippen LogP contribution is -2.15. The van der Waals surface area contributed by atoms with Crippen LogP contribution < -0.4 is 5.32 Å². The van der Waals surface area contributed by atoms with Crippen molar-refractivity contribution in [2.24, 2.45) is 7.05 Å². The molecule has 0 saturated heterocycles. The number of H-pyrrole nitrogens is 1. The van der Waals surface area contributed by atoms with E-state index >= 15 is 0 Å². The number of hydrogen-bond donors (Lipinski definition) is 2. The monoisotopic (exact) mass is 322 g/mol. The molecule has 1 saturated carbocycles. The SMILES string of the molecule is Cc1[nH]c2ccccc2c1C(=O)Nc1cc(C2CCCC2)nn1C. The van der Waals surface area contributed by atoms with Crippen molar-refractivity contribution in [1.29, 1.82) is 0 Å². The summed E-state index contributed by atoms with van der Waals surface area (Å²) in [7, 11) is 1.89. The first kappa shape index (κ1) is 15.0. The summed E-state index contributed by atoms with van der Waals surface area (Å²) in [6.45, 7) is 1.93. The molecule has 5 nitrogen and oxygen atoms in total. The highest BCUT2D eigenvalue weighted by molar-refractivity contribution is 6.13. The number of hydrogen-bond acceptors (Lipinski definition) is 2. The summed E-state index contributed by atoms with van der Waals surface area (Å²) < 4.78 is 1.77. The lowest BCUT2D eigenvalue weighted by molar-refractivity contribution is 0.102. The van der Waals surface area contributed by atoms with Gasteiger partial charge >= 0.3 is 0 Å². The lowest BCUT2D eigenvalue weighted by Gasteiger charge is -2.05. The van der Waals surface area contributed by atoms with Gasteiger partial charge in [-0.05, 0) is 25.8 Å². The second kappa shape index (κ2) is 5.82. The summed E-state index contributed by atoms with van der Waals surface area (Å²) in [6.07, 6.45) is 4.95. The summed E-state index contributed by atoms with van der Waals surface area (Å²) in [5.74, 6) is 1.20. The summed E-state index contributed by atoms with van der Waals surface area (Å²) >= 11 is 0. The van der Waals surface area contributed by atoms with Gasteiger partial charge in [-0.1, -0.05) is 31.0 Å². The van der Waals surface area contributed by atoms with E-state index in [1.54, 1.807) is 4.68 Å². The van der Waals surface area contributed by atoms with Crippen LogP contribution in [0.25, 0.3) is 10.9 Å². The fourth-order valence-corrected chi connectivity index (χ4v) is 3.78. The zero-order valence-electron chi connectivity index (χ0n) is 14.1. The number of rotatable bonds is 3. The van der Waals surface area contributed by atoms with Crippen molar-refractivity contribution in [2.45, 2.75) is 38.5 Å². The standard InChI is InChI=1S/C19H22N4O/c1-12-18(14-9-5-6-10-15(14)20-12)19(24)21-17-11-16(22-23(17)2)13-7-3-4-8-13/h5-6,9-11,13,20H,3-4,7-8H2,1-2H3,(H,21,24). The van der Waals surface area contributed by atoms with Gasteiger partial charge < -0.3 is 10.3 Å². The van der Waals surface area contributed by atoms with Gasteiger partial charge in [0.2, 0.25) is 0 Å². The van der Waals surface area contributed by atoms with Crippen LogP contribution in [-0.2, 0) is 7.05 Å². The summed E-state index contributed by atoms with van der Waals surface area (Å²) in [5, 5.41) is 8.59. The van der Waals surface area contributed by atoms with Crippen molar-refractivity contribution >= 4 is 22.6 Å². The highest BCUT2D eigenvalue weighted by Gasteiger charge is 2.22. The Bertz CT molecular complexity index is 899. The molecule has 124 valence electrons. The summed E-state index contributed by atoms with van der Waals surface area (Å²) in [4.78, 5) is 16.1. The molecule has 1 aromatic carbocycles. The Balaban J connectivity index is 1.63. The van der Waals surface area contributed by atoms with Gasteiger partial charge in [0, 0.05) is 35.6 Å². The van der Waals surface area contributed by atoms with Crippen LogP contribution in [0.3, 0.4) is 0 Å². The quantitative estimate of drug-likeness (QED) is 0.762. The van der Waals surface area contributed by atoms with Crippen molar-refractivity contribution in [1.82, 2.24) is 14.8 Å². The maximum Gasteiger partial charge on any atom is 0.259 e. The van der Waals surface area contributed by atoms with Crippen LogP contribution in [0.15, 0.2) is 30.3 Å². The summed E-state index contributed by atoms with van der Waals surface area (Å²) in [5.41, 5.74) is 3.67. The molecule has 3 aromatic rings. The third kappa shape index (κ3) is 2.50. The maximum atomic E-state index is 12.8. The maximum absolute atomic E-state index is 12.8. The highest BCUT2D eigenvalue weighted by atomic mass is 16.1.